The van der Waals surface area contributed by atoms with Gasteiger partial charge < -0.3 is 0 Å². The van der Waals surface area contributed by atoms with Gasteiger partial charge in [-0.15, -0.1) is 0 Å². The van der Waals surface area contributed by atoms with Crippen LogP contribution >= 0.6 is 0 Å². The molecule has 8 heteroatoms. The molecule has 0 radical (unpaired) electrons. The summed E-state index contributed by atoms with van der Waals surface area (Å²) in [6.07, 6.45) is 0.336. The maximum Gasteiger partial charge on any atom is 0.280 e. The van der Waals surface area contributed by atoms with E-state index >= 15 is 0 Å². The Labute approximate surface area is 241 Å². The van der Waals surface area contributed by atoms with E-state index in [1.54, 1.807) is 0 Å². The molecule has 0 fully saturated rings. The van der Waals surface area contributed by atoms with E-state index in [4.69, 9.17) is 0 Å². The fourth-order valence-corrected chi connectivity index (χ4v) is 7.73. The number of hydrogen-bond donors (Lipinski definition) is 1. The van der Waals surface area contributed by atoms with E-state index in [1.807, 2.05) is 55.4 Å². The van der Waals surface area contributed by atoms with Crippen molar-refractivity contribution in [3.8, 4) is 0 Å². The Balaban J connectivity index is 1.92. The summed E-state index contributed by atoms with van der Waals surface area (Å²) >= 11 is 0. The second-order valence-corrected chi connectivity index (χ2v) is 11.9. The van der Waals surface area contributed by atoms with E-state index < -0.39 is 11.8 Å². The summed E-state index contributed by atoms with van der Waals surface area (Å²) in [7, 11) is 1.53. The highest BCUT2D eigenvalue weighted by Gasteiger charge is 2.41. The van der Waals surface area contributed by atoms with Crippen LogP contribution < -0.4 is 5.43 Å². The number of benzene rings is 5. The summed E-state index contributed by atoms with van der Waals surface area (Å²) < 4.78 is 0. The maximum absolute atomic E-state index is 13.8. The minimum Gasteiger partial charge on any atom is -0.277 e. The van der Waals surface area contributed by atoms with Crippen LogP contribution in [0.3, 0.4) is 0 Å². The van der Waals surface area contributed by atoms with Crippen LogP contribution in [-0.4, -0.2) is 47.0 Å². The first kappa shape index (κ1) is 26.1. The van der Waals surface area contributed by atoms with Gasteiger partial charge in [0.1, 0.15) is 0 Å². The lowest BCUT2D eigenvalue weighted by Crippen LogP contribution is -2.49. The Morgan fingerprint density at radius 1 is 0.429 bits per heavy atom. The molecule has 2 aliphatic rings. The molecule has 5 aromatic carbocycles. The first-order valence-corrected chi connectivity index (χ1v) is 13.9. The van der Waals surface area contributed by atoms with Gasteiger partial charge in [-0.25, -0.2) is 0 Å². The van der Waals surface area contributed by atoms with Crippen molar-refractivity contribution < 1.29 is 24.0 Å². The predicted molar refractivity (Wildman–Crippen MR) is 162 cm³/mol. The van der Waals surface area contributed by atoms with E-state index in [1.165, 1.54) is 11.9 Å². The predicted octanol–water partition coefficient (Wildman–Crippen LogP) is 5.69. The SMILES string of the molecule is Cc1c2c3c(c(C)c(C)c4c5c(C)c(C)c6c7c(c(C)c(C)c(c(c1C)c34)c75)C(=O)N(NC=O)C6=O)C(=O)N(C)C2=O. The molecule has 0 aromatic heterocycles. The average Bonchev–Trinajstić information content (AvgIpc) is 2.95. The number of hydrazine groups is 1. The van der Waals surface area contributed by atoms with Crippen molar-refractivity contribution in [3.63, 3.8) is 0 Å². The van der Waals surface area contributed by atoms with Gasteiger partial charge in [0.05, 0.1) is 22.3 Å². The fourth-order valence-electron chi connectivity index (χ4n) is 7.73. The standard InChI is InChI=1S/C34H29N3O5/c1-11-15(5)23-29-24(32(40)36(9)31(23)39)16(6)12(2)20-22-14(4)18(8)26-30-25(33(41)37(34(26)42)35-10-38)17(7)13(3)21(28(22)30)19(11)27(20)29/h10H,1-9H3,(H,35,38). The first-order valence-electron chi connectivity index (χ1n) is 13.9. The number of carbonyl (C=O) groups is 5. The Morgan fingerprint density at radius 3 is 1.00 bits per heavy atom. The lowest BCUT2D eigenvalue weighted by Gasteiger charge is -2.34. The molecule has 0 spiro atoms. The van der Waals surface area contributed by atoms with Crippen LogP contribution in [0.4, 0.5) is 0 Å². The van der Waals surface area contributed by atoms with Crippen LogP contribution in [0, 0.1) is 55.4 Å². The van der Waals surface area contributed by atoms with Crippen molar-refractivity contribution in [3.05, 3.63) is 66.8 Å². The zero-order valence-electron chi connectivity index (χ0n) is 25.0. The third-order valence-electron chi connectivity index (χ3n) is 10.3. The number of imide groups is 2. The summed E-state index contributed by atoms with van der Waals surface area (Å²) in [5, 5.41) is 7.45. The number of carbonyl (C=O) groups excluding carboxylic acids is 5. The third kappa shape index (κ3) is 2.58. The Hall–Kier alpha value is -4.85. The Morgan fingerprint density at radius 2 is 0.714 bits per heavy atom. The molecule has 0 saturated carbocycles. The molecule has 1 N–H and O–H groups in total. The van der Waals surface area contributed by atoms with Gasteiger partial charge in [-0.05, 0) is 132 Å². The number of nitrogens with zero attached hydrogens (tertiary/aromatic N) is 2. The van der Waals surface area contributed by atoms with Gasteiger partial charge in [-0.3, -0.25) is 34.3 Å². The summed E-state index contributed by atoms with van der Waals surface area (Å²) in [5.41, 5.74) is 10.8. The topological polar surface area (TPSA) is 104 Å². The second kappa shape index (κ2) is 7.91. The first-order chi connectivity index (χ1) is 19.8. The highest BCUT2D eigenvalue weighted by Crippen LogP contribution is 2.53. The summed E-state index contributed by atoms with van der Waals surface area (Å²) in [6.45, 7) is 15.5. The zero-order chi connectivity index (χ0) is 30.4. The van der Waals surface area contributed by atoms with Gasteiger partial charge in [0.15, 0.2) is 0 Å². The van der Waals surface area contributed by atoms with Crippen LogP contribution in [0.2, 0.25) is 0 Å². The van der Waals surface area contributed by atoms with Crippen LogP contribution in [0.5, 0.6) is 0 Å². The number of fused-ring (bicyclic) bond motifs is 2. The minimum atomic E-state index is -0.572. The van der Waals surface area contributed by atoms with Gasteiger partial charge >= 0.3 is 0 Å². The molecule has 42 heavy (non-hydrogen) atoms. The molecule has 7 rings (SSSR count). The lowest BCUT2D eigenvalue weighted by atomic mass is 9.73. The van der Waals surface area contributed by atoms with Crippen molar-refractivity contribution in [2.75, 3.05) is 7.05 Å². The van der Waals surface area contributed by atoms with E-state index in [0.29, 0.717) is 50.6 Å². The van der Waals surface area contributed by atoms with Crippen molar-refractivity contribution in [1.29, 1.82) is 0 Å². The van der Waals surface area contributed by atoms with Crippen molar-refractivity contribution in [2.24, 2.45) is 0 Å². The highest BCUT2D eigenvalue weighted by atomic mass is 16.2. The normalized spacial score (nSPS) is 15.0. The lowest BCUT2D eigenvalue weighted by molar-refractivity contribution is -0.112. The number of amides is 5. The number of hydrogen-bond acceptors (Lipinski definition) is 5. The van der Waals surface area contributed by atoms with E-state index in [-0.39, 0.29) is 11.8 Å². The molecule has 5 aromatic rings. The van der Waals surface area contributed by atoms with Gasteiger partial charge in [-0.1, -0.05) is 0 Å². The molecule has 5 amide bonds. The largest absolute Gasteiger partial charge is 0.280 e. The number of nitrogens with one attached hydrogen (secondary N) is 1. The average molecular weight is 560 g/mol. The van der Waals surface area contributed by atoms with Crippen molar-refractivity contribution in [1.82, 2.24) is 15.3 Å². The summed E-state index contributed by atoms with van der Waals surface area (Å²) in [5.74, 6) is -1.77. The van der Waals surface area contributed by atoms with Crippen molar-refractivity contribution in [2.45, 2.75) is 55.4 Å². The molecule has 0 saturated heterocycles. The van der Waals surface area contributed by atoms with Crippen LogP contribution in [0.1, 0.15) is 85.9 Å². The quantitative estimate of drug-likeness (QED) is 0.130. The van der Waals surface area contributed by atoms with Gasteiger partial charge in [-0.2, -0.15) is 5.01 Å². The van der Waals surface area contributed by atoms with Gasteiger partial charge in [0, 0.05) is 17.8 Å². The Kier molecular flexibility index (Phi) is 4.91. The highest BCUT2D eigenvalue weighted by molar-refractivity contribution is 6.44. The molecule has 210 valence electrons. The third-order valence-corrected chi connectivity index (χ3v) is 10.3. The molecule has 0 aliphatic carbocycles. The van der Waals surface area contributed by atoms with Gasteiger partial charge in [0.25, 0.3) is 23.6 Å². The number of aryl methyl sites for hydroxylation is 4. The molecular weight excluding hydrogens is 530 g/mol. The maximum atomic E-state index is 13.8. The molecular formula is C34H29N3O5. The smallest absolute Gasteiger partial charge is 0.277 e. The fraction of sp³-hybridized carbons (Fsp3) is 0.265. The molecule has 0 bridgehead atoms. The van der Waals surface area contributed by atoms with Crippen LogP contribution in [-0.2, 0) is 4.79 Å². The van der Waals surface area contributed by atoms with E-state index in [0.717, 1.165) is 70.7 Å². The zero-order valence-corrected chi connectivity index (χ0v) is 25.0. The molecule has 0 unspecified atom stereocenters. The molecule has 0 atom stereocenters. The summed E-state index contributed by atoms with van der Waals surface area (Å²) in [6, 6.07) is 0. The minimum absolute atomic E-state index is 0.315. The van der Waals surface area contributed by atoms with E-state index in [2.05, 4.69) is 5.43 Å². The van der Waals surface area contributed by atoms with E-state index in [9.17, 15) is 24.0 Å². The molecule has 8 nitrogen and oxygen atoms in total. The van der Waals surface area contributed by atoms with Crippen molar-refractivity contribution >= 4 is 73.1 Å². The monoisotopic (exact) mass is 559 g/mol. The molecule has 2 aliphatic heterocycles. The summed E-state index contributed by atoms with van der Waals surface area (Å²) in [4.78, 5) is 67.6. The van der Waals surface area contributed by atoms with Gasteiger partial charge in [0.2, 0.25) is 6.41 Å². The van der Waals surface area contributed by atoms with Crippen LogP contribution in [0.25, 0.3) is 43.1 Å². The van der Waals surface area contributed by atoms with Crippen LogP contribution in [0.15, 0.2) is 0 Å². The second-order valence-electron chi connectivity index (χ2n) is 11.9. The Bertz CT molecular complexity index is 2110. The number of rotatable bonds is 2. The molecule has 2 heterocycles.